The largest absolute Gasteiger partial charge is 0.273 e. The molecular formula is C18H19FN2O5S2. The van der Waals surface area contributed by atoms with E-state index in [-0.39, 0.29) is 28.4 Å². The summed E-state index contributed by atoms with van der Waals surface area (Å²) in [5.41, 5.74) is -0.785. The molecule has 2 aromatic rings. The zero-order valence-corrected chi connectivity index (χ0v) is 16.8. The van der Waals surface area contributed by atoms with E-state index >= 15 is 0 Å². The van der Waals surface area contributed by atoms with E-state index in [1.54, 1.807) is 19.9 Å². The fourth-order valence-electron chi connectivity index (χ4n) is 2.92. The van der Waals surface area contributed by atoms with E-state index in [2.05, 4.69) is 4.72 Å². The van der Waals surface area contributed by atoms with Gasteiger partial charge in [-0.05, 0) is 44.2 Å². The molecule has 150 valence electrons. The third-order valence-corrected chi connectivity index (χ3v) is 7.81. The van der Waals surface area contributed by atoms with Crippen LogP contribution in [0.3, 0.4) is 0 Å². The van der Waals surface area contributed by atoms with E-state index in [0.29, 0.717) is 4.31 Å². The lowest BCUT2D eigenvalue weighted by Crippen LogP contribution is -2.33. The number of carbonyl (C=O) groups is 1. The minimum atomic E-state index is -3.95. The van der Waals surface area contributed by atoms with Crippen LogP contribution in [0.4, 0.5) is 10.1 Å². The van der Waals surface area contributed by atoms with Gasteiger partial charge in [0.05, 0.1) is 21.8 Å². The van der Waals surface area contributed by atoms with Gasteiger partial charge in [-0.15, -0.1) is 0 Å². The summed E-state index contributed by atoms with van der Waals surface area (Å²) >= 11 is 0. The first kappa shape index (κ1) is 20.4. The molecule has 0 radical (unpaired) electrons. The molecule has 28 heavy (non-hydrogen) atoms. The Hall–Kier alpha value is -2.30. The molecule has 0 aliphatic carbocycles. The molecule has 0 spiro atoms. The first-order chi connectivity index (χ1) is 12.9. The number of rotatable bonds is 5. The topological polar surface area (TPSA) is 101 Å². The Balaban J connectivity index is 1.82. The zero-order chi connectivity index (χ0) is 20.7. The summed E-state index contributed by atoms with van der Waals surface area (Å²) < 4.78 is 66.1. The van der Waals surface area contributed by atoms with Crippen molar-refractivity contribution >= 4 is 31.6 Å². The van der Waals surface area contributed by atoms with Gasteiger partial charge in [-0.1, -0.05) is 18.2 Å². The highest BCUT2D eigenvalue weighted by Gasteiger charge is 2.49. The molecule has 1 saturated heterocycles. The number of halogens is 1. The second kappa shape index (κ2) is 6.94. The van der Waals surface area contributed by atoms with Crippen molar-refractivity contribution in [3.05, 3.63) is 59.9 Å². The van der Waals surface area contributed by atoms with Crippen molar-refractivity contribution in [2.24, 2.45) is 5.41 Å². The lowest BCUT2D eigenvalue weighted by atomic mass is 9.95. The lowest BCUT2D eigenvalue weighted by Gasteiger charge is -2.17. The lowest BCUT2D eigenvalue weighted by molar-refractivity contribution is -0.123. The molecule has 7 nitrogen and oxygen atoms in total. The quantitative estimate of drug-likeness (QED) is 0.788. The molecule has 0 unspecified atom stereocenters. The van der Waals surface area contributed by atoms with Gasteiger partial charge >= 0.3 is 0 Å². The van der Waals surface area contributed by atoms with Crippen LogP contribution >= 0.6 is 0 Å². The van der Waals surface area contributed by atoms with Gasteiger partial charge in [-0.25, -0.2) is 30.3 Å². The maximum atomic E-state index is 13.6. The van der Waals surface area contributed by atoms with Gasteiger partial charge in [-0.3, -0.25) is 4.79 Å². The summed E-state index contributed by atoms with van der Waals surface area (Å²) in [6, 6.07) is 10.7. The van der Waals surface area contributed by atoms with Crippen LogP contribution in [0.15, 0.2) is 53.4 Å². The van der Waals surface area contributed by atoms with E-state index in [0.717, 1.165) is 0 Å². The number of amides is 1. The fraction of sp³-hybridized carbons (Fsp3) is 0.278. The van der Waals surface area contributed by atoms with Gasteiger partial charge in [0.1, 0.15) is 5.82 Å². The number of anilines is 1. The van der Waals surface area contributed by atoms with Crippen LogP contribution in [0.25, 0.3) is 0 Å². The van der Waals surface area contributed by atoms with Crippen LogP contribution in [0.2, 0.25) is 0 Å². The fourth-order valence-corrected chi connectivity index (χ4v) is 6.03. The van der Waals surface area contributed by atoms with Crippen LogP contribution in [-0.2, 0) is 31.4 Å². The van der Waals surface area contributed by atoms with Crippen molar-refractivity contribution in [3.63, 3.8) is 0 Å². The minimum Gasteiger partial charge on any atom is -0.273 e. The van der Waals surface area contributed by atoms with E-state index in [1.165, 1.54) is 42.5 Å². The monoisotopic (exact) mass is 426 g/mol. The Kier molecular flexibility index (Phi) is 5.07. The van der Waals surface area contributed by atoms with Gasteiger partial charge in [0.15, 0.2) is 0 Å². The first-order valence-electron chi connectivity index (χ1n) is 8.35. The molecule has 1 fully saturated rings. The summed E-state index contributed by atoms with van der Waals surface area (Å²) in [5, 5.41) is 0. The molecule has 1 heterocycles. The normalized spacial score (nSPS) is 18.4. The van der Waals surface area contributed by atoms with Gasteiger partial charge in [0.2, 0.25) is 26.0 Å². The van der Waals surface area contributed by atoms with E-state index in [4.69, 9.17) is 0 Å². The number of nitrogens with zero attached hydrogens (tertiary/aromatic N) is 1. The van der Waals surface area contributed by atoms with Gasteiger partial charge in [0, 0.05) is 12.1 Å². The average Bonchev–Trinajstić information content (AvgIpc) is 2.77. The predicted molar refractivity (Wildman–Crippen MR) is 102 cm³/mol. The highest BCUT2D eigenvalue weighted by atomic mass is 32.2. The van der Waals surface area contributed by atoms with Crippen molar-refractivity contribution in [2.45, 2.75) is 25.3 Å². The van der Waals surface area contributed by atoms with Crippen LogP contribution in [0.1, 0.15) is 19.4 Å². The van der Waals surface area contributed by atoms with Crippen LogP contribution < -0.4 is 9.03 Å². The second-order valence-corrected chi connectivity index (χ2v) is 10.7. The van der Waals surface area contributed by atoms with Gasteiger partial charge < -0.3 is 0 Å². The number of carbonyl (C=O) groups excluding carboxylic acids is 1. The zero-order valence-electron chi connectivity index (χ0n) is 15.2. The van der Waals surface area contributed by atoms with Gasteiger partial charge in [-0.2, -0.15) is 0 Å². The molecule has 1 N–H and O–H groups in total. The maximum Gasteiger partial charge on any atom is 0.247 e. The molecule has 1 aliphatic heterocycles. The molecule has 1 amide bonds. The highest BCUT2D eigenvalue weighted by Crippen LogP contribution is 2.35. The number of nitrogens with one attached hydrogen (secondary N) is 1. The van der Waals surface area contributed by atoms with Crippen molar-refractivity contribution < 1.29 is 26.0 Å². The Morgan fingerprint density at radius 2 is 1.71 bits per heavy atom. The summed E-state index contributed by atoms with van der Waals surface area (Å²) in [6.07, 6.45) is 0. The SMILES string of the molecule is CC1(C)CS(=O)(=O)N(c2ccc(S(=O)(=O)NCc3ccccc3F)cc2)C1=O. The van der Waals surface area contributed by atoms with E-state index in [1.807, 2.05) is 0 Å². The standard InChI is InChI=1S/C18H19FN2O5S2/c1-18(2)12-27(23,24)21(17(18)22)14-7-9-15(10-8-14)28(25,26)20-11-13-5-3-4-6-16(13)19/h3-10,20H,11-12H2,1-2H3. The van der Waals surface area contributed by atoms with Crippen molar-refractivity contribution in [3.8, 4) is 0 Å². The summed E-state index contributed by atoms with van der Waals surface area (Å²) in [4.78, 5) is 12.3. The third-order valence-electron chi connectivity index (χ3n) is 4.38. The van der Waals surface area contributed by atoms with Gasteiger partial charge in [0.25, 0.3) is 0 Å². The first-order valence-corrected chi connectivity index (χ1v) is 11.4. The molecule has 0 bridgehead atoms. The van der Waals surface area contributed by atoms with Crippen LogP contribution in [0, 0.1) is 11.2 Å². The Morgan fingerprint density at radius 3 is 2.25 bits per heavy atom. The summed E-state index contributed by atoms with van der Waals surface area (Å²) in [5.74, 6) is -1.41. The maximum absolute atomic E-state index is 13.6. The van der Waals surface area contributed by atoms with Crippen molar-refractivity contribution in [2.75, 3.05) is 10.1 Å². The predicted octanol–water partition coefficient (Wildman–Crippen LogP) is 2.01. The van der Waals surface area contributed by atoms with Crippen LogP contribution in [-0.4, -0.2) is 28.5 Å². The van der Waals surface area contributed by atoms with E-state index in [9.17, 15) is 26.0 Å². The molecule has 2 aromatic carbocycles. The molecule has 1 aliphatic rings. The molecule has 0 aromatic heterocycles. The number of hydrogen-bond acceptors (Lipinski definition) is 5. The second-order valence-electron chi connectivity index (χ2n) is 7.12. The molecule has 0 saturated carbocycles. The molecular weight excluding hydrogens is 407 g/mol. The number of sulfonamides is 2. The molecule has 10 heteroatoms. The van der Waals surface area contributed by atoms with Crippen molar-refractivity contribution in [1.29, 1.82) is 0 Å². The Labute approximate surface area is 163 Å². The summed E-state index contributed by atoms with van der Waals surface area (Å²) in [6.45, 7) is 2.85. The average molecular weight is 426 g/mol. The third kappa shape index (κ3) is 3.80. The van der Waals surface area contributed by atoms with E-state index < -0.39 is 37.2 Å². The number of hydrogen-bond donors (Lipinski definition) is 1. The van der Waals surface area contributed by atoms with Crippen LogP contribution in [0.5, 0.6) is 0 Å². The Morgan fingerprint density at radius 1 is 1.11 bits per heavy atom. The molecule has 3 rings (SSSR count). The minimum absolute atomic E-state index is 0.0728. The molecule has 0 atom stereocenters. The highest BCUT2D eigenvalue weighted by molar-refractivity contribution is 7.94. The Bertz CT molecular complexity index is 1130. The summed E-state index contributed by atoms with van der Waals surface area (Å²) in [7, 11) is -7.77. The van der Waals surface area contributed by atoms with Crippen molar-refractivity contribution in [1.82, 2.24) is 4.72 Å². The smallest absolute Gasteiger partial charge is 0.247 e. The number of benzene rings is 2.